The Morgan fingerprint density at radius 1 is 1.35 bits per heavy atom. The van der Waals surface area contributed by atoms with Gasteiger partial charge in [-0.25, -0.2) is 4.79 Å². The highest BCUT2D eigenvalue weighted by atomic mass is 32.1. The van der Waals surface area contributed by atoms with Gasteiger partial charge in [0.05, 0.1) is 11.4 Å². The fourth-order valence-electron chi connectivity index (χ4n) is 1.44. The predicted octanol–water partition coefficient (Wildman–Crippen LogP) is -0.262. The van der Waals surface area contributed by atoms with Gasteiger partial charge in [0.2, 0.25) is 5.91 Å². The molecule has 1 atom stereocenters. The largest absolute Gasteiger partial charge is 0.480 e. The second-order valence-electron chi connectivity index (χ2n) is 4.06. The maximum Gasteiger partial charge on any atom is 0.326 e. The molecule has 0 saturated heterocycles. The second-order valence-corrected chi connectivity index (χ2v) is 5.35. The van der Waals surface area contributed by atoms with Gasteiger partial charge in [-0.1, -0.05) is 0 Å². The van der Waals surface area contributed by atoms with E-state index in [4.69, 9.17) is 10.2 Å². The number of carboxylic acids is 1. The number of nitrogens with one attached hydrogen (secondary N) is 2. The van der Waals surface area contributed by atoms with E-state index in [-0.39, 0.29) is 25.5 Å². The molecule has 0 aliphatic rings. The Bertz CT molecular complexity index is 500. The molecule has 0 saturated carbocycles. The van der Waals surface area contributed by atoms with E-state index in [0.29, 0.717) is 4.88 Å². The van der Waals surface area contributed by atoms with Gasteiger partial charge in [-0.3, -0.25) is 9.59 Å². The van der Waals surface area contributed by atoms with Crippen molar-refractivity contribution in [2.75, 3.05) is 13.2 Å². The molecule has 4 N–H and O–H groups in total. The first kappa shape index (κ1) is 16.1. The van der Waals surface area contributed by atoms with E-state index in [9.17, 15) is 14.4 Å². The van der Waals surface area contributed by atoms with Crippen LogP contribution in [0.5, 0.6) is 0 Å². The maximum atomic E-state index is 11.7. The standard InChI is InChI=1S/C12H16N2O5S/c1-7-2-3-9(20-7)11(17)13-6-10(16)14-8(4-5-15)12(18)19/h2-3,8,15H,4-6H2,1H3,(H,13,17)(H,14,16)(H,18,19)/t8-/m1/s1. The van der Waals surface area contributed by atoms with Gasteiger partial charge in [0, 0.05) is 17.9 Å². The van der Waals surface area contributed by atoms with Crippen LogP contribution in [-0.4, -0.2) is 47.2 Å². The van der Waals surface area contributed by atoms with Crippen molar-refractivity contribution in [2.24, 2.45) is 0 Å². The van der Waals surface area contributed by atoms with Gasteiger partial charge in [-0.05, 0) is 19.1 Å². The van der Waals surface area contributed by atoms with Crippen molar-refractivity contribution in [2.45, 2.75) is 19.4 Å². The van der Waals surface area contributed by atoms with Crippen LogP contribution in [0.25, 0.3) is 0 Å². The molecule has 0 spiro atoms. The van der Waals surface area contributed by atoms with Crippen molar-refractivity contribution in [3.05, 3.63) is 21.9 Å². The zero-order valence-corrected chi connectivity index (χ0v) is 11.7. The number of carbonyl (C=O) groups is 3. The second kappa shape index (κ2) is 7.61. The van der Waals surface area contributed by atoms with Gasteiger partial charge in [0.1, 0.15) is 6.04 Å². The van der Waals surface area contributed by atoms with Crippen LogP contribution in [-0.2, 0) is 9.59 Å². The van der Waals surface area contributed by atoms with Gasteiger partial charge in [0.15, 0.2) is 0 Å². The summed E-state index contributed by atoms with van der Waals surface area (Å²) in [5, 5.41) is 22.1. The minimum Gasteiger partial charge on any atom is -0.480 e. The first-order valence-electron chi connectivity index (χ1n) is 5.91. The van der Waals surface area contributed by atoms with E-state index in [0.717, 1.165) is 4.88 Å². The number of aryl methyl sites for hydroxylation is 1. The Hall–Kier alpha value is -1.93. The molecular weight excluding hydrogens is 284 g/mol. The van der Waals surface area contributed by atoms with Crippen molar-refractivity contribution in [1.29, 1.82) is 0 Å². The Morgan fingerprint density at radius 2 is 2.05 bits per heavy atom. The molecule has 7 nitrogen and oxygen atoms in total. The monoisotopic (exact) mass is 300 g/mol. The van der Waals surface area contributed by atoms with E-state index in [1.165, 1.54) is 11.3 Å². The van der Waals surface area contributed by atoms with Crippen LogP contribution < -0.4 is 10.6 Å². The molecule has 1 heterocycles. The molecular formula is C12H16N2O5S. The molecule has 0 unspecified atom stereocenters. The SMILES string of the molecule is Cc1ccc(C(=O)NCC(=O)N[C@H](CCO)C(=O)O)s1. The lowest BCUT2D eigenvalue weighted by Gasteiger charge is -2.13. The van der Waals surface area contributed by atoms with Crippen molar-refractivity contribution < 1.29 is 24.6 Å². The van der Waals surface area contributed by atoms with Gasteiger partial charge in [0.25, 0.3) is 5.91 Å². The Balaban J connectivity index is 2.42. The molecule has 110 valence electrons. The Labute approximate surface area is 119 Å². The number of carboxylic acid groups (broad SMARTS) is 1. The van der Waals surface area contributed by atoms with E-state index < -0.39 is 17.9 Å². The van der Waals surface area contributed by atoms with Crippen molar-refractivity contribution in [3.8, 4) is 0 Å². The summed E-state index contributed by atoms with van der Waals surface area (Å²) in [6.07, 6.45) is -0.0842. The topological polar surface area (TPSA) is 116 Å². The zero-order chi connectivity index (χ0) is 15.1. The molecule has 2 amide bonds. The van der Waals surface area contributed by atoms with Crippen LogP contribution in [0.15, 0.2) is 12.1 Å². The van der Waals surface area contributed by atoms with Crippen LogP contribution in [0.3, 0.4) is 0 Å². The molecule has 20 heavy (non-hydrogen) atoms. The summed E-state index contributed by atoms with van der Waals surface area (Å²) in [7, 11) is 0. The molecule has 1 aromatic rings. The molecule has 1 rings (SSSR count). The maximum absolute atomic E-state index is 11.7. The fraction of sp³-hybridized carbons (Fsp3) is 0.417. The summed E-state index contributed by atoms with van der Waals surface area (Å²) in [6, 6.07) is 2.29. The predicted molar refractivity (Wildman–Crippen MR) is 72.7 cm³/mol. The third kappa shape index (κ3) is 4.98. The molecule has 1 aromatic heterocycles. The lowest BCUT2D eigenvalue weighted by Crippen LogP contribution is -2.45. The summed E-state index contributed by atoms with van der Waals surface area (Å²) in [6.45, 7) is 1.20. The normalized spacial score (nSPS) is 11.7. The highest BCUT2D eigenvalue weighted by molar-refractivity contribution is 7.13. The lowest BCUT2D eigenvalue weighted by molar-refractivity contribution is -0.142. The average molecular weight is 300 g/mol. The smallest absolute Gasteiger partial charge is 0.326 e. The van der Waals surface area contributed by atoms with Gasteiger partial charge < -0.3 is 20.8 Å². The van der Waals surface area contributed by atoms with E-state index in [2.05, 4.69) is 10.6 Å². The molecule has 0 bridgehead atoms. The third-order valence-corrected chi connectivity index (χ3v) is 3.42. The van der Waals surface area contributed by atoms with Gasteiger partial charge >= 0.3 is 5.97 Å². The van der Waals surface area contributed by atoms with E-state index in [1.54, 1.807) is 12.1 Å². The number of aliphatic hydroxyl groups is 1. The molecule has 0 aromatic carbocycles. The highest BCUT2D eigenvalue weighted by Gasteiger charge is 2.19. The molecule has 0 aliphatic heterocycles. The van der Waals surface area contributed by atoms with E-state index >= 15 is 0 Å². The summed E-state index contributed by atoms with van der Waals surface area (Å²) >= 11 is 1.30. The molecule has 0 fully saturated rings. The first-order chi connectivity index (χ1) is 9.43. The number of carbonyl (C=O) groups excluding carboxylic acids is 2. The zero-order valence-electron chi connectivity index (χ0n) is 10.9. The number of amides is 2. The number of hydrogen-bond acceptors (Lipinski definition) is 5. The summed E-state index contributed by atoms with van der Waals surface area (Å²) in [4.78, 5) is 35.4. The fourth-order valence-corrected chi connectivity index (χ4v) is 2.22. The van der Waals surface area contributed by atoms with Crippen molar-refractivity contribution in [3.63, 3.8) is 0 Å². The Morgan fingerprint density at radius 3 is 2.55 bits per heavy atom. The molecule has 8 heteroatoms. The van der Waals surface area contributed by atoms with Crippen LogP contribution >= 0.6 is 11.3 Å². The summed E-state index contributed by atoms with van der Waals surface area (Å²) < 4.78 is 0. The number of aliphatic hydroxyl groups excluding tert-OH is 1. The molecule has 0 radical (unpaired) electrons. The summed E-state index contributed by atoms with van der Waals surface area (Å²) in [5.41, 5.74) is 0. The van der Waals surface area contributed by atoms with Crippen LogP contribution in [0.4, 0.5) is 0 Å². The van der Waals surface area contributed by atoms with Crippen LogP contribution in [0, 0.1) is 6.92 Å². The first-order valence-corrected chi connectivity index (χ1v) is 6.73. The molecule has 0 aliphatic carbocycles. The highest BCUT2D eigenvalue weighted by Crippen LogP contribution is 2.14. The van der Waals surface area contributed by atoms with Crippen molar-refractivity contribution in [1.82, 2.24) is 10.6 Å². The van der Waals surface area contributed by atoms with Crippen molar-refractivity contribution >= 4 is 29.1 Å². The quantitative estimate of drug-likeness (QED) is 0.553. The number of rotatable bonds is 7. The van der Waals surface area contributed by atoms with Crippen LogP contribution in [0.1, 0.15) is 21.0 Å². The Kier molecular flexibility index (Phi) is 6.13. The summed E-state index contributed by atoms with van der Waals surface area (Å²) in [5.74, 6) is -2.23. The third-order valence-electron chi connectivity index (χ3n) is 2.42. The number of aliphatic carboxylic acids is 1. The number of thiophene rings is 1. The van der Waals surface area contributed by atoms with E-state index in [1.807, 2.05) is 6.92 Å². The minimum atomic E-state index is -1.23. The minimum absolute atomic E-state index is 0.0842. The van der Waals surface area contributed by atoms with Gasteiger partial charge in [-0.2, -0.15) is 0 Å². The number of hydrogen-bond donors (Lipinski definition) is 4. The average Bonchev–Trinajstić information content (AvgIpc) is 2.82. The lowest BCUT2D eigenvalue weighted by atomic mass is 10.2. The van der Waals surface area contributed by atoms with Gasteiger partial charge in [-0.15, -0.1) is 11.3 Å². The van der Waals surface area contributed by atoms with Crippen LogP contribution in [0.2, 0.25) is 0 Å².